The minimum absolute atomic E-state index is 0.0549. The maximum atomic E-state index is 14.6. The number of ether oxygens (including phenoxy) is 1. The van der Waals surface area contributed by atoms with Crippen LogP contribution in [0.3, 0.4) is 0 Å². The number of nitrogens with one attached hydrogen (secondary N) is 1. The standard InChI is InChI=1S/C35H36Cl3N3O5S/c1-4-46-33-13-9-8-12-31(33)41(47(44,45)28-17-15-27(36)16-18-28)23-34(42)40(22-26-14-19-29(37)30(38)20-26)32(35(43)39-24(2)3)21-25-10-6-5-7-11-25/h5-20,24,32H,4,21-23H2,1-3H3,(H,39,43)/t32-/m0/s1. The largest absolute Gasteiger partial charge is 0.492 e. The second kappa shape index (κ2) is 16.4. The monoisotopic (exact) mass is 715 g/mol. The van der Waals surface area contributed by atoms with Crippen molar-refractivity contribution in [1.29, 1.82) is 0 Å². The van der Waals surface area contributed by atoms with Gasteiger partial charge in [-0.25, -0.2) is 8.42 Å². The number of hydrogen-bond donors (Lipinski definition) is 1. The highest BCUT2D eigenvalue weighted by atomic mass is 35.5. The lowest BCUT2D eigenvalue weighted by atomic mass is 10.0. The molecule has 0 aromatic heterocycles. The van der Waals surface area contributed by atoms with Crippen LogP contribution in [0.5, 0.6) is 5.75 Å². The first kappa shape index (κ1) is 36.1. The van der Waals surface area contributed by atoms with E-state index in [9.17, 15) is 18.0 Å². The summed E-state index contributed by atoms with van der Waals surface area (Å²) in [5.74, 6) is -0.742. The minimum atomic E-state index is -4.34. The molecule has 1 N–H and O–H groups in total. The third-order valence-electron chi connectivity index (χ3n) is 7.15. The van der Waals surface area contributed by atoms with E-state index in [1.807, 2.05) is 44.2 Å². The van der Waals surface area contributed by atoms with Crippen molar-refractivity contribution in [2.24, 2.45) is 0 Å². The number of carbonyl (C=O) groups excluding carboxylic acids is 2. The lowest BCUT2D eigenvalue weighted by molar-refractivity contribution is -0.140. The van der Waals surface area contributed by atoms with Crippen LogP contribution in [0.2, 0.25) is 15.1 Å². The first-order valence-corrected chi connectivity index (χ1v) is 17.6. The molecule has 0 heterocycles. The highest BCUT2D eigenvalue weighted by Crippen LogP contribution is 2.33. The van der Waals surface area contributed by atoms with Crippen molar-refractivity contribution in [2.75, 3.05) is 17.5 Å². The molecule has 0 saturated carbocycles. The van der Waals surface area contributed by atoms with Crippen molar-refractivity contribution in [1.82, 2.24) is 10.2 Å². The van der Waals surface area contributed by atoms with Crippen LogP contribution in [0, 0.1) is 0 Å². The molecule has 0 fully saturated rings. The van der Waals surface area contributed by atoms with E-state index in [0.717, 1.165) is 9.87 Å². The summed E-state index contributed by atoms with van der Waals surface area (Å²) in [6.45, 7) is 5.00. The van der Waals surface area contributed by atoms with Gasteiger partial charge in [0, 0.05) is 24.0 Å². The summed E-state index contributed by atoms with van der Waals surface area (Å²) in [7, 11) is -4.34. The molecule has 8 nitrogen and oxygen atoms in total. The number of anilines is 1. The first-order valence-electron chi connectivity index (χ1n) is 15.0. The lowest BCUT2D eigenvalue weighted by Crippen LogP contribution is -2.54. The van der Waals surface area contributed by atoms with E-state index in [-0.39, 0.29) is 52.9 Å². The number of rotatable bonds is 14. The maximum Gasteiger partial charge on any atom is 0.264 e. The van der Waals surface area contributed by atoms with Gasteiger partial charge in [0.25, 0.3) is 10.0 Å². The smallest absolute Gasteiger partial charge is 0.264 e. The Bertz CT molecular complexity index is 1790. The molecule has 12 heteroatoms. The van der Waals surface area contributed by atoms with Crippen molar-refractivity contribution >= 4 is 62.3 Å². The molecule has 248 valence electrons. The fraction of sp³-hybridized carbons (Fsp3) is 0.257. The zero-order chi connectivity index (χ0) is 34.1. The van der Waals surface area contributed by atoms with Gasteiger partial charge in [0.1, 0.15) is 18.3 Å². The van der Waals surface area contributed by atoms with Crippen LogP contribution in [0.15, 0.2) is 102 Å². The number of amides is 2. The van der Waals surface area contributed by atoms with E-state index in [1.54, 1.807) is 49.4 Å². The van der Waals surface area contributed by atoms with Gasteiger partial charge in [0.05, 0.1) is 27.2 Å². The number of para-hydroxylation sites is 2. The van der Waals surface area contributed by atoms with Gasteiger partial charge in [-0.3, -0.25) is 13.9 Å². The van der Waals surface area contributed by atoms with Crippen molar-refractivity contribution < 1.29 is 22.7 Å². The van der Waals surface area contributed by atoms with E-state index >= 15 is 0 Å². The molecule has 0 unspecified atom stereocenters. The van der Waals surface area contributed by atoms with Crippen molar-refractivity contribution in [2.45, 2.75) is 50.7 Å². The lowest BCUT2D eigenvalue weighted by Gasteiger charge is -2.34. The number of nitrogens with zero attached hydrogens (tertiary/aromatic N) is 2. The Hall–Kier alpha value is -3.76. The normalized spacial score (nSPS) is 12.0. The Morgan fingerprint density at radius 1 is 0.830 bits per heavy atom. The van der Waals surface area contributed by atoms with Crippen molar-refractivity contribution in [3.8, 4) is 5.75 Å². The minimum Gasteiger partial charge on any atom is -0.492 e. The Labute approximate surface area is 291 Å². The van der Waals surface area contributed by atoms with Crippen LogP contribution in [-0.4, -0.2) is 50.4 Å². The molecule has 2 amide bonds. The molecule has 4 aromatic carbocycles. The van der Waals surface area contributed by atoms with Crippen LogP contribution in [-0.2, 0) is 32.6 Å². The van der Waals surface area contributed by atoms with Crippen LogP contribution in [0.4, 0.5) is 5.69 Å². The van der Waals surface area contributed by atoms with Crippen molar-refractivity contribution in [3.63, 3.8) is 0 Å². The van der Waals surface area contributed by atoms with E-state index in [0.29, 0.717) is 15.6 Å². The molecule has 4 rings (SSSR count). The Morgan fingerprint density at radius 2 is 1.49 bits per heavy atom. The van der Waals surface area contributed by atoms with Gasteiger partial charge >= 0.3 is 0 Å². The van der Waals surface area contributed by atoms with Gasteiger partial charge < -0.3 is 15.0 Å². The molecule has 0 aliphatic rings. The summed E-state index contributed by atoms with van der Waals surface area (Å²) in [5, 5.41) is 3.90. The third-order valence-corrected chi connectivity index (χ3v) is 9.92. The SMILES string of the molecule is CCOc1ccccc1N(CC(=O)N(Cc1ccc(Cl)c(Cl)c1)[C@@H](Cc1ccccc1)C(=O)NC(C)C)S(=O)(=O)c1ccc(Cl)cc1. The predicted molar refractivity (Wildman–Crippen MR) is 188 cm³/mol. The number of benzene rings is 4. The average Bonchev–Trinajstić information content (AvgIpc) is 3.04. The van der Waals surface area contributed by atoms with Gasteiger partial charge in [-0.2, -0.15) is 0 Å². The number of sulfonamides is 1. The van der Waals surface area contributed by atoms with E-state index in [2.05, 4.69) is 5.32 Å². The van der Waals surface area contributed by atoms with E-state index < -0.39 is 28.5 Å². The summed E-state index contributed by atoms with van der Waals surface area (Å²) in [6, 6.07) is 25.3. The highest BCUT2D eigenvalue weighted by molar-refractivity contribution is 7.92. The van der Waals surface area contributed by atoms with E-state index in [1.165, 1.54) is 29.2 Å². The highest BCUT2D eigenvalue weighted by Gasteiger charge is 2.35. The Morgan fingerprint density at radius 3 is 2.13 bits per heavy atom. The zero-order valence-electron chi connectivity index (χ0n) is 26.2. The van der Waals surface area contributed by atoms with Crippen LogP contribution < -0.4 is 14.4 Å². The number of hydrogen-bond acceptors (Lipinski definition) is 5. The molecule has 1 atom stereocenters. The van der Waals surface area contributed by atoms with Gasteiger partial charge in [-0.1, -0.05) is 83.3 Å². The second-order valence-corrected chi connectivity index (χ2v) is 14.1. The molecule has 0 spiro atoms. The summed E-state index contributed by atoms with van der Waals surface area (Å²) in [5.41, 5.74) is 1.58. The Balaban J connectivity index is 1.85. The van der Waals surface area contributed by atoms with Crippen molar-refractivity contribution in [3.05, 3.63) is 123 Å². The molecule has 0 saturated heterocycles. The van der Waals surface area contributed by atoms with Gasteiger partial charge in [0.2, 0.25) is 11.8 Å². The fourth-order valence-electron chi connectivity index (χ4n) is 4.96. The molecule has 0 aliphatic heterocycles. The third kappa shape index (κ3) is 9.41. The van der Waals surface area contributed by atoms with Gasteiger partial charge in [0.15, 0.2) is 0 Å². The molecule has 0 bridgehead atoms. The van der Waals surface area contributed by atoms with Gasteiger partial charge in [-0.05, 0) is 80.4 Å². The molecule has 4 aromatic rings. The molecule has 47 heavy (non-hydrogen) atoms. The summed E-state index contributed by atoms with van der Waals surface area (Å²) < 4.78 is 35.4. The summed E-state index contributed by atoms with van der Waals surface area (Å²) in [6.07, 6.45) is 0.173. The number of carbonyl (C=O) groups is 2. The average molecular weight is 717 g/mol. The predicted octanol–water partition coefficient (Wildman–Crippen LogP) is 7.41. The first-order chi connectivity index (χ1) is 22.4. The van der Waals surface area contributed by atoms with Crippen LogP contribution in [0.25, 0.3) is 0 Å². The maximum absolute atomic E-state index is 14.6. The topological polar surface area (TPSA) is 96.0 Å². The number of halogens is 3. The summed E-state index contributed by atoms with van der Waals surface area (Å²) >= 11 is 18.6. The second-order valence-electron chi connectivity index (χ2n) is 11.0. The van der Waals surface area contributed by atoms with E-state index in [4.69, 9.17) is 39.5 Å². The molecule has 0 radical (unpaired) electrons. The molecular weight excluding hydrogens is 681 g/mol. The molecular formula is C35H36Cl3N3O5S. The van der Waals surface area contributed by atoms with Gasteiger partial charge in [-0.15, -0.1) is 0 Å². The zero-order valence-corrected chi connectivity index (χ0v) is 29.3. The van der Waals surface area contributed by atoms with Crippen LogP contribution in [0.1, 0.15) is 31.9 Å². The quantitative estimate of drug-likeness (QED) is 0.147. The Kier molecular flexibility index (Phi) is 12.6. The fourth-order valence-corrected chi connectivity index (χ4v) is 6.83. The summed E-state index contributed by atoms with van der Waals surface area (Å²) in [4.78, 5) is 29.8. The molecule has 0 aliphatic carbocycles. The van der Waals surface area contributed by atoms with Crippen LogP contribution >= 0.6 is 34.8 Å².